The molecule has 0 bridgehead atoms. The number of aromatic nitrogens is 3. The van der Waals surface area contributed by atoms with Crippen LogP contribution in [-0.4, -0.2) is 33.0 Å². The molecule has 0 fully saturated rings. The Morgan fingerprint density at radius 3 is 2.43 bits per heavy atom. The zero-order chi connectivity index (χ0) is 21.7. The minimum absolute atomic E-state index is 0.137. The van der Waals surface area contributed by atoms with Gasteiger partial charge in [0.15, 0.2) is 11.0 Å². The first-order valence-corrected chi connectivity index (χ1v) is 11.3. The molecule has 0 saturated carbocycles. The summed E-state index contributed by atoms with van der Waals surface area (Å²) in [5, 5.41) is 12.9. The lowest BCUT2D eigenvalue weighted by molar-refractivity contribution is -0.113. The predicted molar refractivity (Wildman–Crippen MR) is 123 cm³/mol. The van der Waals surface area contributed by atoms with Crippen molar-refractivity contribution < 1.29 is 9.53 Å². The van der Waals surface area contributed by atoms with Crippen LogP contribution in [0.5, 0.6) is 5.75 Å². The maximum absolute atomic E-state index is 12.4. The number of anilines is 1. The molecule has 0 aliphatic heterocycles. The molecule has 10 heteroatoms. The molecule has 6 nitrogen and oxygen atoms in total. The molecule has 158 valence electrons. The number of amides is 1. The topological polar surface area (TPSA) is 69.0 Å². The average Bonchev–Trinajstić information content (AvgIpc) is 3.14. The minimum atomic E-state index is -0.242. The van der Waals surface area contributed by atoms with Gasteiger partial charge in [-0.25, -0.2) is 0 Å². The van der Waals surface area contributed by atoms with Crippen LogP contribution in [-0.2, 0) is 11.3 Å². The summed E-state index contributed by atoms with van der Waals surface area (Å²) < 4.78 is 7.44. The zero-order valence-electron chi connectivity index (χ0n) is 16.3. The summed E-state index contributed by atoms with van der Waals surface area (Å²) in [5.41, 5.74) is 1.33. The molecule has 0 atom stereocenters. The van der Waals surface area contributed by atoms with E-state index in [-0.39, 0.29) is 11.7 Å². The van der Waals surface area contributed by atoms with Gasteiger partial charge in [-0.05, 0) is 50.2 Å². The van der Waals surface area contributed by atoms with Crippen molar-refractivity contribution in [3.63, 3.8) is 0 Å². The average molecular weight is 486 g/mol. The molecule has 1 N–H and O–H groups in total. The van der Waals surface area contributed by atoms with Crippen molar-refractivity contribution >= 4 is 58.2 Å². The lowest BCUT2D eigenvalue weighted by Gasteiger charge is -2.10. The van der Waals surface area contributed by atoms with Crippen molar-refractivity contribution in [3.8, 4) is 17.1 Å². The SMILES string of the molecule is CCOc1ccc(-c2nnc(SCC(=O)Nc3cc(Cl)c(Cl)cc3Cl)n2CC)cc1. The molecule has 3 aromatic rings. The Balaban J connectivity index is 1.69. The standard InChI is InChI=1S/C20H19Cl3N4O2S/c1-3-27-19(12-5-7-13(8-6-12)29-4-2)25-26-20(27)30-11-18(28)24-17-10-15(22)14(21)9-16(17)23/h5-10H,3-4,11H2,1-2H3,(H,24,28). The van der Waals surface area contributed by atoms with E-state index in [0.717, 1.165) is 17.1 Å². The van der Waals surface area contributed by atoms with Gasteiger partial charge in [0, 0.05) is 12.1 Å². The molecule has 0 aliphatic rings. The van der Waals surface area contributed by atoms with E-state index >= 15 is 0 Å². The zero-order valence-corrected chi connectivity index (χ0v) is 19.4. The van der Waals surface area contributed by atoms with Crippen molar-refractivity contribution in [3.05, 3.63) is 51.5 Å². The number of benzene rings is 2. The van der Waals surface area contributed by atoms with Crippen LogP contribution in [0.15, 0.2) is 41.6 Å². The van der Waals surface area contributed by atoms with Gasteiger partial charge in [0.25, 0.3) is 0 Å². The highest BCUT2D eigenvalue weighted by Gasteiger charge is 2.16. The molecule has 1 heterocycles. The lowest BCUT2D eigenvalue weighted by Crippen LogP contribution is -2.15. The van der Waals surface area contributed by atoms with Gasteiger partial charge in [-0.3, -0.25) is 4.79 Å². The summed E-state index contributed by atoms with van der Waals surface area (Å²) in [5.74, 6) is 1.43. The highest BCUT2D eigenvalue weighted by Crippen LogP contribution is 2.32. The summed E-state index contributed by atoms with van der Waals surface area (Å²) in [6, 6.07) is 10.7. The number of halogens is 3. The van der Waals surface area contributed by atoms with Crippen LogP contribution in [0.3, 0.4) is 0 Å². The third-order valence-corrected chi connectivity index (χ3v) is 6.07. The van der Waals surface area contributed by atoms with Gasteiger partial charge in [0.2, 0.25) is 5.91 Å². The largest absolute Gasteiger partial charge is 0.494 e. The second-order valence-electron chi connectivity index (χ2n) is 6.09. The highest BCUT2D eigenvalue weighted by atomic mass is 35.5. The van der Waals surface area contributed by atoms with Crippen LogP contribution < -0.4 is 10.1 Å². The van der Waals surface area contributed by atoms with Crippen LogP contribution >= 0.6 is 46.6 Å². The van der Waals surface area contributed by atoms with E-state index in [2.05, 4.69) is 15.5 Å². The van der Waals surface area contributed by atoms with Crippen molar-refractivity contribution in [2.45, 2.75) is 25.5 Å². The summed E-state index contributed by atoms with van der Waals surface area (Å²) in [6.45, 7) is 5.22. The van der Waals surface area contributed by atoms with Crippen LogP contribution in [0.25, 0.3) is 11.4 Å². The van der Waals surface area contributed by atoms with Gasteiger partial charge in [-0.15, -0.1) is 10.2 Å². The second-order valence-corrected chi connectivity index (χ2v) is 8.25. The van der Waals surface area contributed by atoms with Gasteiger partial charge in [-0.2, -0.15) is 0 Å². The molecule has 0 spiro atoms. The van der Waals surface area contributed by atoms with Crippen LogP contribution in [0.4, 0.5) is 5.69 Å². The van der Waals surface area contributed by atoms with E-state index in [9.17, 15) is 4.79 Å². The van der Waals surface area contributed by atoms with Gasteiger partial charge >= 0.3 is 0 Å². The maximum Gasteiger partial charge on any atom is 0.234 e. The molecule has 2 aromatic carbocycles. The Kier molecular flexibility index (Phi) is 7.88. The number of nitrogens with one attached hydrogen (secondary N) is 1. The number of hydrogen-bond donors (Lipinski definition) is 1. The van der Waals surface area contributed by atoms with E-state index in [4.69, 9.17) is 39.5 Å². The van der Waals surface area contributed by atoms with Crippen molar-refractivity contribution in [1.29, 1.82) is 0 Å². The molecule has 0 unspecified atom stereocenters. The number of ether oxygens (including phenoxy) is 1. The number of rotatable bonds is 8. The molecule has 0 saturated heterocycles. The van der Waals surface area contributed by atoms with Gasteiger partial charge in [0.05, 0.1) is 33.1 Å². The molecular weight excluding hydrogens is 467 g/mol. The van der Waals surface area contributed by atoms with E-state index in [1.54, 1.807) is 0 Å². The van der Waals surface area contributed by atoms with E-state index < -0.39 is 0 Å². The maximum atomic E-state index is 12.4. The highest BCUT2D eigenvalue weighted by molar-refractivity contribution is 7.99. The molecular formula is C20H19Cl3N4O2S. The Labute approximate surface area is 193 Å². The molecule has 1 amide bonds. The van der Waals surface area contributed by atoms with Gasteiger partial charge in [-0.1, -0.05) is 46.6 Å². The molecule has 0 aliphatic carbocycles. The summed E-state index contributed by atoms with van der Waals surface area (Å²) in [6.07, 6.45) is 0. The number of nitrogens with zero attached hydrogens (tertiary/aromatic N) is 3. The smallest absolute Gasteiger partial charge is 0.234 e. The second kappa shape index (κ2) is 10.4. The van der Waals surface area contributed by atoms with Crippen LogP contribution in [0.1, 0.15) is 13.8 Å². The van der Waals surface area contributed by atoms with Gasteiger partial charge < -0.3 is 14.6 Å². The first-order chi connectivity index (χ1) is 14.4. The fourth-order valence-electron chi connectivity index (χ4n) is 2.70. The number of carbonyl (C=O) groups is 1. The molecule has 1 aromatic heterocycles. The summed E-state index contributed by atoms with van der Waals surface area (Å²) in [7, 11) is 0. The predicted octanol–water partition coefficient (Wildman–Crippen LogP) is 6.05. The molecule has 30 heavy (non-hydrogen) atoms. The Bertz CT molecular complexity index is 1040. The Morgan fingerprint density at radius 2 is 1.77 bits per heavy atom. The van der Waals surface area contributed by atoms with E-state index in [0.29, 0.717) is 39.1 Å². The Morgan fingerprint density at radius 1 is 1.07 bits per heavy atom. The van der Waals surface area contributed by atoms with Crippen LogP contribution in [0, 0.1) is 0 Å². The summed E-state index contributed by atoms with van der Waals surface area (Å²) in [4.78, 5) is 12.4. The van der Waals surface area contributed by atoms with Gasteiger partial charge in [0.1, 0.15) is 5.75 Å². The lowest BCUT2D eigenvalue weighted by atomic mass is 10.2. The number of hydrogen-bond acceptors (Lipinski definition) is 5. The molecule has 3 rings (SSSR count). The van der Waals surface area contributed by atoms with Crippen molar-refractivity contribution in [2.75, 3.05) is 17.7 Å². The van der Waals surface area contributed by atoms with E-state index in [1.165, 1.54) is 23.9 Å². The molecule has 0 radical (unpaired) electrons. The minimum Gasteiger partial charge on any atom is -0.494 e. The monoisotopic (exact) mass is 484 g/mol. The third kappa shape index (κ3) is 5.40. The quantitative estimate of drug-likeness (QED) is 0.310. The third-order valence-electron chi connectivity index (χ3n) is 4.07. The van der Waals surface area contributed by atoms with Crippen molar-refractivity contribution in [1.82, 2.24) is 14.8 Å². The first kappa shape index (κ1) is 22.7. The normalized spacial score (nSPS) is 10.8. The van der Waals surface area contributed by atoms with Crippen LogP contribution in [0.2, 0.25) is 15.1 Å². The fourth-order valence-corrected chi connectivity index (χ4v) is 4.09. The Hall–Kier alpha value is -1.93. The number of carbonyl (C=O) groups excluding carboxylic acids is 1. The number of thioether (sulfide) groups is 1. The van der Waals surface area contributed by atoms with Crippen molar-refractivity contribution in [2.24, 2.45) is 0 Å². The summed E-state index contributed by atoms with van der Waals surface area (Å²) >= 11 is 19.3. The first-order valence-electron chi connectivity index (χ1n) is 9.16. The fraction of sp³-hybridized carbons (Fsp3) is 0.250. The van der Waals surface area contributed by atoms with E-state index in [1.807, 2.05) is 42.7 Å².